The van der Waals surface area contributed by atoms with Crippen molar-refractivity contribution in [2.45, 2.75) is 64.5 Å². The molecule has 0 aromatic carbocycles. The van der Waals surface area contributed by atoms with Crippen molar-refractivity contribution in [3.63, 3.8) is 0 Å². The molecule has 1 aliphatic carbocycles. The van der Waals surface area contributed by atoms with Crippen LogP contribution in [0.2, 0.25) is 0 Å². The minimum atomic E-state index is -0.404. The smallest absolute Gasteiger partial charge is 0.410 e. The molecule has 0 aromatic heterocycles. The van der Waals surface area contributed by atoms with Gasteiger partial charge in [-0.25, -0.2) is 4.79 Å². The lowest BCUT2D eigenvalue weighted by Crippen LogP contribution is -2.59. The maximum Gasteiger partial charge on any atom is 0.410 e. The van der Waals surface area contributed by atoms with Crippen molar-refractivity contribution < 1.29 is 9.53 Å². The van der Waals surface area contributed by atoms with Gasteiger partial charge in [0.25, 0.3) is 0 Å². The number of rotatable bonds is 0. The Balaban J connectivity index is 1.83. The monoisotopic (exact) mass is 254 g/mol. The summed E-state index contributed by atoms with van der Waals surface area (Å²) in [6.45, 7) is 9.46. The van der Waals surface area contributed by atoms with Gasteiger partial charge in [-0.1, -0.05) is 0 Å². The van der Waals surface area contributed by atoms with Crippen molar-refractivity contribution in [3.05, 3.63) is 0 Å². The van der Waals surface area contributed by atoms with Crippen LogP contribution in [0.1, 0.15) is 53.4 Å². The fraction of sp³-hybridized carbons (Fsp3) is 0.929. The Labute approximate surface area is 110 Å². The maximum absolute atomic E-state index is 11.9. The fourth-order valence-electron chi connectivity index (χ4n) is 3.51. The SMILES string of the molecule is CC1(N)CC2(CCN(C(=O)OC(C)(C)C)CC2)C1. The molecule has 1 amide bonds. The highest BCUT2D eigenvalue weighted by Gasteiger charge is 2.51. The third-order valence-corrected chi connectivity index (χ3v) is 4.03. The molecule has 0 unspecified atom stereocenters. The van der Waals surface area contributed by atoms with Crippen LogP contribution in [-0.4, -0.2) is 35.2 Å². The first kappa shape index (κ1) is 13.7. The molecule has 1 spiro atoms. The lowest BCUT2D eigenvalue weighted by atomic mass is 9.54. The molecule has 18 heavy (non-hydrogen) atoms. The standard InChI is InChI=1S/C14H26N2O2/c1-12(2,3)18-11(17)16-7-5-14(6-8-16)9-13(4,15)10-14/h5-10,15H2,1-4H3. The summed E-state index contributed by atoms with van der Waals surface area (Å²) in [7, 11) is 0. The lowest BCUT2D eigenvalue weighted by Gasteiger charge is -2.56. The average molecular weight is 254 g/mol. The molecule has 4 nitrogen and oxygen atoms in total. The van der Waals surface area contributed by atoms with E-state index in [9.17, 15) is 4.79 Å². The number of carbonyl (C=O) groups excluding carboxylic acids is 1. The summed E-state index contributed by atoms with van der Waals surface area (Å²) in [6, 6.07) is 0. The fourth-order valence-corrected chi connectivity index (χ4v) is 3.51. The minimum absolute atomic E-state index is 0.0219. The van der Waals surface area contributed by atoms with Crippen LogP contribution in [0.5, 0.6) is 0 Å². The summed E-state index contributed by atoms with van der Waals surface area (Å²) in [6.07, 6.45) is 4.16. The van der Waals surface area contributed by atoms with Crippen LogP contribution in [0.25, 0.3) is 0 Å². The van der Waals surface area contributed by atoms with Crippen molar-refractivity contribution in [1.29, 1.82) is 0 Å². The highest BCUT2D eigenvalue weighted by atomic mass is 16.6. The Bertz CT molecular complexity index is 326. The molecule has 1 saturated heterocycles. The average Bonchev–Trinajstić information content (AvgIpc) is 2.12. The molecule has 0 atom stereocenters. The van der Waals surface area contributed by atoms with Crippen LogP contribution < -0.4 is 5.73 Å². The van der Waals surface area contributed by atoms with E-state index in [-0.39, 0.29) is 11.6 Å². The van der Waals surface area contributed by atoms with Gasteiger partial charge >= 0.3 is 6.09 Å². The molecule has 2 N–H and O–H groups in total. The lowest BCUT2D eigenvalue weighted by molar-refractivity contribution is -0.0329. The summed E-state index contributed by atoms with van der Waals surface area (Å²) < 4.78 is 5.40. The predicted molar refractivity (Wildman–Crippen MR) is 71.3 cm³/mol. The van der Waals surface area contributed by atoms with Crippen molar-refractivity contribution in [3.8, 4) is 0 Å². The van der Waals surface area contributed by atoms with Crippen molar-refractivity contribution >= 4 is 6.09 Å². The van der Waals surface area contributed by atoms with E-state index >= 15 is 0 Å². The number of carbonyl (C=O) groups is 1. The Kier molecular flexibility index (Phi) is 3.13. The summed E-state index contributed by atoms with van der Waals surface area (Å²) in [5, 5.41) is 0. The minimum Gasteiger partial charge on any atom is -0.444 e. The Morgan fingerprint density at radius 1 is 1.22 bits per heavy atom. The zero-order valence-corrected chi connectivity index (χ0v) is 12.1. The van der Waals surface area contributed by atoms with Crippen LogP contribution in [0, 0.1) is 5.41 Å². The molecule has 0 bridgehead atoms. The molecule has 1 heterocycles. The highest BCUT2D eigenvalue weighted by molar-refractivity contribution is 5.68. The molecular formula is C14H26N2O2. The van der Waals surface area contributed by atoms with Gasteiger partial charge in [0.2, 0.25) is 0 Å². The van der Waals surface area contributed by atoms with E-state index in [1.165, 1.54) is 0 Å². The Morgan fingerprint density at radius 3 is 2.11 bits per heavy atom. The number of likely N-dealkylation sites (tertiary alicyclic amines) is 1. The van der Waals surface area contributed by atoms with E-state index in [0.717, 1.165) is 38.8 Å². The normalized spacial score (nSPS) is 25.7. The van der Waals surface area contributed by atoms with Gasteiger partial charge in [0.05, 0.1) is 0 Å². The van der Waals surface area contributed by atoms with Gasteiger partial charge in [-0.05, 0) is 58.8 Å². The summed E-state index contributed by atoms with van der Waals surface area (Å²) >= 11 is 0. The van der Waals surface area contributed by atoms with Crippen LogP contribution in [0.3, 0.4) is 0 Å². The molecule has 1 aliphatic heterocycles. The zero-order chi connectivity index (χ0) is 13.6. The number of nitrogens with zero attached hydrogens (tertiary/aromatic N) is 1. The molecule has 2 aliphatic rings. The van der Waals surface area contributed by atoms with E-state index in [1.54, 1.807) is 0 Å². The van der Waals surface area contributed by atoms with Crippen molar-refractivity contribution in [1.82, 2.24) is 4.90 Å². The van der Waals surface area contributed by atoms with Crippen molar-refractivity contribution in [2.24, 2.45) is 11.1 Å². The predicted octanol–water partition coefficient (Wildman–Crippen LogP) is 2.51. The van der Waals surface area contributed by atoms with E-state index in [2.05, 4.69) is 6.92 Å². The molecule has 0 aromatic rings. The van der Waals surface area contributed by atoms with Crippen LogP contribution in [0.4, 0.5) is 4.79 Å². The largest absolute Gasteiger partial charge is 0.444 e. The third kappa shape index (κ3) is 2.97. The first-order chi connectivity index (χ1) is 8.11. The number of hydrogen-bond donors (Lipinski definition) is 1. The number of ether oxygens (including phenoxy) is 1. The molecule has 2 fully saturated rings. The van der Waals surface area contributed by atoms with Crippen LogP contribution in [0.15, 0.2) is 0 Å². The summed E-state index contributed by atoms with van der Waals surface area (Å²) in [5.74, 6) is 0. The Morgan fingerprint density at radius 2 is 1.72 bits per heavy atom. The molecular weight excluding hydrogens is 228 g/mol. The topological polar surface area (TPSA) is 55.6 Å². The van der Waals surface area contributed by atoms with Gasteiger partial charge in [-0.15, -0.1) is 0 Å². The van der Waals surface area contributed by atoms with E-state index in [0.29, 0.717) is 5.41 Å². The second-order valence-electron chi connectivity index (χ2n) is 7.47. The van der Waals surface area contributed by atoms with Crippen molar-refractivity contribution in [2.75, 3.05) is 13.1 Å². The maximum atomic E-state index is 11.9. The van der Waals surface area contributed by atoms with Gasteiger partial charge in [-0.2, -0.15) is 0 Å². The van der Waals surface area contributed by atoms with E-state index < -0.39 is 5.60 Å². The number of hydrogen-bond acceptors (Lipinski definition) is 3. The van der Waals surface area contributed by atoms with Gasteiger partial charge in [-0.3, -0.25) is 0 Å². The molecule has 0 radical (unpaired) electrons. The van der Waals surface area contributed by atoms with E-state index in [1.807, 2.05) is 25.7 Å². The van der Waals surface area contributed by atoms with Crippen LogP contribution >= 0.6 is 0 Å². The van der Waals surface area contributed by atoms with E-state index in [4.69, 9.17) is 10.5 Å². The number of amides is 1. The first-order valence-corrected chi connectivity index (χ1v) is 6.88. The van der Waals surface area contributed by atoms with Crippen LogP contribution in [-0.2, 0) is 4.74 Å². The molecule has 4 heteroatoms. The second kappa shape index (κ2) is 4.12. The van der Waals surface area contributed by atoms with Gasteiger partial charge < -0.3 is 15.4 Å². The first-order valence-electron chi connectivity index (χ1n) is 6.88. The third-order valence-electron chi connectivity index (χ3n) is 4.03. The molecule has 1 saturated carbocycles. The Hall–Kier alpha value is -0.770. The van der Waals surface area contributed by atoms with Gasteiger partial charge in [0.15, 0.2) is 0 Å². The summed E-state index contributed by atoms with van der Waals surface area (Å²) in [5.41, 5.74) is 6.12. The summed E-state index contributed by atoms with van der Waals surface area (Å²) in [4.78, 5) is 13.8. The number of nitrogens with two attached hydrogens (primary N) is 1. The zero-order valence-electron chi connectivity index (χ0n) is 12.1. The second-order valence-corrected chi connectivity index (χ2v) is 7.47. The molecule has 2 rings (SSSR count). The quantitative estimate of drug-likeness (QED) is 0.722. The highest BCUT2D eigenvalue weighted by Crippen LogP contribution is 2.53. The molecule has 104 valence electrons. The van der Waals surface area contributed by atoms with Gasteiger partial charge in [0, 0.05) is 18.6 Å². The number of piperidine rings is 1. The van der Waals surface area contributed by atoms with Gasteiger partial charge in [0.1, 0.15) is 5.60 Å².